The van der Waals surface area contributed by atoms with Crippen LogP contribution in [-0.2, 0) is 6.61 Å². The van der Waals surface area contributed by atoms with Crippen LogP contribution in [0.15, 0.2) is 66.7 Å². The van der Waals surface area contributed by atoms with E-state index in [-0.39, 0.29) is 0 Å². The summed E-state index contributed by atoms with van der Waals surface area (Å²) in [6.07, 6.45) is 0. The third-order valence-corrected chi connectivity index (χ3v) is 2.79. The lowest BCUT2D eigenvalue weighted by Gasteiger charge is -2.06. The highest BCUT2D eigenvalue weighted by Crippen LogP contribution is 2.14. The van der Waals surface area contributed by atoms with Crippen LogP contribution in [0.1, 0.15) is 19.5 Å². The number of aromatic nitrogens is 1. The number of hydrogen-bond donors (Lipinski definition) is 0. The normalized spacial score (nSPS) is 9.70. The topological polar surface area (TPSA) is 22.1 Å². The summed E-state index contributed by atoms with van der Waals surface area (Å²) in [7, 11) is 0. The number of nitrogens with zero attached hydrogens (tertiary/aromatic N) is 1. The number of rotatable bonds is 3. The molecule has 0 aliphatic carbocycles. The number of fused-ring (bicyclic) bond motifs is 1. The Kier molecular flexibility index (Phi) is 5.13. The van der Waals surface area contributed by atoms with E-state index in [4.69, 9.17) is 4.74 Å². The van der Waals surface area contributed by atoms with Crippen LogP contribution in [0.5, 0.6) is 5.75 Å². The van der Waals surface area contributed by atoms with Gasteiger partial charge in [0.15, 0.2) is 0 Å². The molecule has 0 radical (unpaired) electrons. The number of para-hydroxylation sites is 2. The number of pyridine rings is 1. The molecule has 3 aromatic rings. The van der Waals surface area contributed by atoms with E-state index in [1.165, 1.54) is 0 Å². The zero-order chi connectivity index (χ0) is 14.2. The maximum absolute atomic E-state index is 5.68. The van der Waals surface area contributed by atoms with E-state index in [2.05, 4.69) is 17.1 Å². The molecule has 1 heterocycles. The number of hydrogen-bond acceptors (Lipinski definition) is 2. The SMILES string of the molecule is CC.c1ccc(OCc2ccc3ccccc3n2)cc1. The van der Waals surface area contributed by atoms with Crippen molar-refractivity contribution in [2.75, 3.05) is 0 Å². The Bertz CT molecular complexity index is 650. The van der Waals surface area contributed by atoms with E-state index >= 15 is 0 Å². The second-order valence-electron chi connectivity index (χ2n) is 4.10. The maximum Gasteiger partial charge on any atom is 0.130 e. The Morgan fingerprint density at radius 3 is 2.30 bits per heavy atom. The van der Waals surface area contributed by atoms with Gasteiger partial charge in [-0.05, 0) is 24.3 Å². The monoisotopic (exact) mass is 265 g/mol. The molecule has 0 unspecified atom stereocenters. The minimum atomic E-state index is 0.495. The summed E-state index contributed by atoms with van der Waals surface area (Å²) in [5.41, 5.74) is 1.95. The first-order valence-electron chi connectivity index (χ1n) is 6.94. The van der Waals surface area contributed by atoms with Gasteiger partial charge in [-0.2, -0.15) is 0 Å². The fourth-order valence-electron chi connectivity index (χ4n) is 1.86. The van der Waals surface area contributed by atoms with Crippen LogP contribution in [-0.4, -0.2) is 4.98 Å². The van der Waals surface area contributed by atoms with Crippen LogP contribution in [0.25, 0.3) is 10.9 Å². The first kappa shape index (κ1) is 14.1. The van der Waals surface area contributed by atoms with Crippen molar-refractivity contribution in [2.24, 2.45) is 0 Å². The van der Waals surface area contributed by atoms with Gasteiger partial charge in [0.2, 0.25) is 0 Å². The van der Waals surface area contributed by atoms with Crippen LogP contribution < -0.4 is 4.74 Å². The van der Waals surface area contributed by atoms with E-state index in [1.807, 2.05) is 68.4 Å². The molecule has 2 nitrogen and oxygen atoms in total. The highest BCUT2D eigenvalue weighted by Gasteiger charge is 1.99. The van der Waals surface area contributed by atoms with Crippen molar-refractivity contribution in [1.29, 1.82) is 0 Å². The van der Waals surface area contributed by atoms with E-state index in [0.29, 0.717) is 6.61 Å². The van der Waals surface area contributed by atoms with Crippen molar-refractivity contribution in [3.63, 3.8) is 0 Å². The summed E-state index contributed by atoms with van der Waals surface area (Å²) in [5, 5.41) is 1.15. The van der Waals surface area contributed by atoms with Crippen LogP contribution in [0.3, 0.4) is 0 Å². The molecule has 1 aromatic heterocycles. The van der Waals surface area contributed by atoms with E-state index in [9.17, 15) is 0 Å². The van der Waals surface area contributed by atoms with E-state index in [0.717, 1.165) is 22.3 Å². The van der Waals surface area contributed by atoms with Gasteiger partial charge in [-0.15, -0.1) is 0 Å². The van der Waals surface area contributed by atoms with Gasteiger partial charge in [-0.25, -0.2) is 4.98 Å². The van der Waals surface area contributed by atoms with Crippen molar-refractivity contribution in [3.05, 3.63) is 72.4 Å². The lowest BCUT2D eigenvalue weighted by molar-refractivity contribution is 0.302. The Morgan fingerprint density at radius 1 is 0.800 bits per heavy atom. The molecule has 2 heteroatoms. The van der Waals surface area contributed by atoms with E-state index < -0.39 is 0 Å². The Morgan fingerprint density at radius 2 is 1.50 bits per heavy atom. The molecule has 0 aliphatic heterocycles. The summed E-state index contributed by atoms with van der Waals surface area (Å²) in [6.45, 7) is 4.49. The molecule has 20 heavy (non-hydrogen) atoms. The average Bonchev–Trinajstić information content (AvgIpc) is 2.55. The summed E-state index contributed by atoms with van der Waals surface area (Å²) >= 11 is 0. The van der Waals surface area contributed by atoms with Crippen molar-refractivity contribution < 1.29 is 4.74 Å². The standard InChI is InChI=1S/C16H13NO.C2H6/c1-2-7-15(8-3-1)18-12-14-11-10-13-6-4-5-9-16(13)17-14;1-2/h1-11H,12H2;1-2H3. The third kappa shape index (κ3) is 3.58. The fraction of sp³-hybridized carbons (Fsp3) is 0.167. The molecule has 3 rings (SSSR count). The summed E-state index contributed by atoms with van der Waals surface area (Å²) in [5.74, 6) is 0.868. The minimum Gasteiger partial charge on any atom is -0.487 e. The molecule has 0 amide bonds. The Balaban J connectivity index is 0.000000704. The molecule has 0 bridgehead atoms. The fourth-order valence-corrected chi connectivity index (χ4v) is 1.86. The molecule has 0 saturated carbocycles. The van der Waals surface area contributed by atoms with Crippen molar-refractivity contribution >= 4 is 10.9 Å². The summed E-state index contributed by atoms with van der Waals surface area (Å²) in [4.78, 5) is 4.57. The van der Waals surface area contributed by atoms with Crippen LogP contribution in [0.2, 0.25) is 0 Å². The van der Waals surface area contributed by atoms with Crippen LogP contribution in [0.4, 0.5) is 0 Å². The summed E-state index contributed by atoms with van der Waals surface area (Å²) in [6, 6.07) is 22.0. The Labute approximate surface area is 120 Å². The summed E-state index contributed by atoms with van der Waals surface area (Å²) < 4.78 is 5.68. The van der Waals surface area contributed by atoms with Crippen molar-refractivity contribution in [2.45, 2.75) is 20.5 Å². The molecule has 0 aliphatic rings. The molecule has 0 fully saturated rings. The molecular formula is C18H19NO. The van der Waals surface area contributed by atoms with Crippen LogP contribution in [0, 0.1) is 0 Å². The van der Waals surface area contributed by atoms with Gasteiger partial charge in [0.05, 0.1) is 11.2 Å². The van der Waals surface area contributed by atoms with Crippen molar-refractivity contribution in [3.8, 4) is 5.75 Å². The highest BCUT2D eigenvalue weighted by atomic mass is 16.5. The second kappa shape index (κ2) is 7.29. The molecular weight excluding hydrogens is 246 g/mol. The van der Waals surface area contributed by atoms with E-state index in [1.54, 1.807) is 0 Å². The molecule has 0 atom stereocenters. The van der Waals surface area contributed by atoms with Gasteiger partial charge >= 0.3 is 0 Å². The maximum atomic E-state index is 5.68. The van der Waals surface area contributed by atoms with Crippen LogP contribution >= 0.6 is 0 Å². The molecule has 0 saturated heterocycles. The first-order valence-corrected chi connectivity index (χ1v) is 6.94. The lowest BCUT2D eigenvalue weighted by Crippen LogP contribution is -1.98. The quantitative estimate of drug-likeness (QED) is 0.676. The van der Waals surface area contributed by atoms with Gasteiger partial charge in [0.25, 0.3) is 0 Å². The van der Waals surface area contributed by atoms with Crippen molar-refractivity contribution in [1.82, 2.24) is 4.98 Å². The van der Waals surface area contributed by atoms with Gasteiger partial charge in [-0.3, -0.25) is 0 Å². The minimum absolute atomic E-state index is 0.495. The van der Waals surface area contributed by atoms with Gasteiger partial charge in [0.1, 0.15) is 12.4 Å². The third-order valence-electron chi connectivity index (χ3n) is 2.79. The molecule has 0 N–H and O–H groups in total. The smallest absolute Gasteiger partial charge is 0.130 e. The lowest BCUT2D eigenvalue weighted by atomic mass is 10.2. The number of benzene rings is 2. The average molecular weight is 265 g/mol. The van der Waals surface area contributed by atoms with Gasteiger partial charge in [0, 0.05) is 5.39 Å². The van der Waals surface area contributed by atoms with Gasteiger partial charge < -0.3 is 4.74 Å². The Hall–Kier alpha value is -2.35. The zero-order valence-corrected chi connectivity index (χ0v) is 11.9. The van der Waals surface area contributed by atoms with Gasteiger partial charge in [-0.1, -0.05) is 56.3 Å². The largest absolute Gasteiger partial charge is 0.487 e. The number of ether oxygens (including phenoxy) is 1. The zero-order valence-electron chi connectivity index (χ0n) is 11.9. The second-order valence-corrected chi connectivity index (χ2v) is 4.10. The molecule has 102 valence electrons. The predicted molar refractivity (Wildman–Crippen MR) is 83.9 cm³/mol. The molecule has 0 spiro atoms. The molecule has 2 aromatic carbocycles. The first-order chi connectivity index (χ1) is 9.92. The predicted octanol–water partition coefficient (Wildman–Crippen LogP) is 4.84. The highest BCUT2D eigenvalue weighted by molar-refractivity contribution is 5.78.